The Labute approximate surface area is 141 Å². The molecule has 0 atom stereocenters. The largest absolute Gasteiger partial charge is 0.494 e. The van der Waals surface area contributed by atoms with Gasteiger partial charge < -0.3 is 4.74 Å². The summed E-state index contributed by atoms with van der Waals surface area (Å²) in [5.41, 5.74) is 0.348. The molecule has 1 N–H and O–H groups in total. The molecule has 2 aromatic carbocycles. The lowest BCUT2D eigenvalue weighted by Gasteiger charge is -2.13. The minimum Gasteiger partial charge on any atom is -0.494 e. The maximum absolute atomic E-state index is 12.5. The van der Waals surface area contributed by atoms with Gasteiger partial charge in [0.1, 0.15) is 4.90 Å². The van der Waals surface area contributed by atoms with Crippen LogP contribution in [0.25, 0.3) is 0 Å². The zero-order chi connectivity index (χ0) is 15.6. The highest BCUT2D eigenvalue weighted by Crippen LogP contribution is 2.36. The summed E-state index contributed by atoms with van der Waals surface area (Å²) >= 11 is 15.0. The summed E-state index contributed by atoms with van der Waals surface area (Å²) < 4.78 is 33.0. The Morgan fingerprint density at radius 2 is 1.86 bits per heavy atom. The van der Waals surface area contributed by atoms with Crippen LogP contribution in [0, 0.1) is 0 Å². The zero-order valence-electron chi connectivity index (χ0n) is 10.7. The smallest absolute Gasteiger partial charge is 0.265 e. The maximum atomic E-state index is 12.5. The first kappa shape index (κ1) is 16.4. The summed E-state index contributed by atoms with van der Waals surface area (Å²) in [5.74, 6) is 0.175. The summed E-state index contributed by atoms with van der Waals surface area (Å²) in [6.07, 6.45) is 0. The minimum atomic E-state index is -3.87. The van der Waals surface area contributed by atoms with Crippen molar-refractivity contribution in [3.05, 3.63) is 50.9 Å². The lowest BCUT2D eigenvalue weighted by molar-refractivity contribution is 0.400. The van der Waals surface area contributed by atoms with Crippen LogP contribution in [0.1, 0.15) is 0 Å². The zero-order valence-corrected chi connectivity index (χ0v) is 14.6. The Kier molecular flexibility index (Phi) is 5.03. The number of nitrogens with one attached hydrogen (secondary N) is 1. The van der Waals surface area contributed by atoms with E-state index < -0.39 is 10.0 Å². The van der Waals surface area contributed by atoms with Crippen molar-refractivity contribution >= 4 is 54.8 Å². The summed E-state index contributed by atoms with van der Waals surface area (Å²) in [5, 5.41) is 0.698. The molecule has 112 valence electrons. The Bertz CT molecular complexity index is 781. The van der Waals surface area contributed by atoms with Gasteiger partial charge in [0, 0.05) is 10.0 Å². The maximum Gasteiger partial charge on any atom is 0.265 e. The Morgan fingerprint density at radius 1 is 1.14 bits per heavy atom. The van der Waals surface area contributed by atoms with Crippen molar-refractivity contribution in [1.29, 1.82) is 0 Å². The third-order valence-electron chi connectivity index (χ3n) is 2.54. The molecular weight excluding hydrogens is 401 g/mol. The van der Waals surface area contributed by atoms with Crippen molar-refractivity contribution in [2.75, 3.05) is 11.8 Å². The number of hydrogen-bond acceptors (Lipinski definition) is 3. The van der Waals surface area contributed by atoms with Gasteiger partial charge in [-0.1, -0.05) is 29.3 Å². The molecule has 0 amide bonds. The van der Waals surface area contributed by atoms with E-state index in [0.29, 0.717) is 15.2 Å². The van der Waals surface area contributed by atoms with E-state index in [1.165, 1.54) is 19.2 Å². The van der Waals surface area contributed by atoms with Crippen molar-refractivity contribution in [3.8, 4) is 5.75 Å². The van der Waals surface area contributed by atoms with Crippen LogP contribution < -0.4 is 9.46 Å². The Balaban J connectivity index is 2.49. The predicted octanol–water partition coefficient (Wildman–Crippen LogP) is 4.57. The average Bonchev–Trinajstić information content (AvgIpc) is 2.37. The van der Waals surface area contributed by atoms with E-state index >= 15 is 0 Å². The van der Waals surface area contributed by atoms with Gasteiger partial charge in [-0.25, -0.2) is 8.42 Å². The number of hydrogen-bond donors (Lipinski definition) is 1. The van der Waals surface area contributed by atoms with Crippen LogP contribution >= 0.6 is 39.1 Å². The highest BCUT2D eigenvalue weighted by molar-refractivity contribution is 9.10. The lowest BCUT2D eigenvalue weighted by atomic mass is 10.3. The second-order valence-electron chi connectivity index (χ2n) is 4.03. The van der Waals surface area contributed by atoms with Crippen LogP contribution in [0.5, 0.6) is 5.75 Å². The molecule has 0 fully saturated rings. The number of methoxy groups -OCH3 is 1. The van der Waals surface area contributed by atoms with E-state index in [1.54, 1.807) is 24.3 Å². The number of rotatable bonds is 4. The van der Waals surface area contributed by atoms with E-state index in [2.05, 4.69) is 20.7 Å². The predicted molar refractivity (Wildman–Crippen MR) is 88.0 cm³/mol. The van der Waals surface area contributed by atoms with Gasteiger partial charge in [-0.05, 0) is 46.3 Å². The lowest BCUT2D eigenvalue weighted by Crippen LogP contribution is -2.14. The molecule has 0 unspecified atom stereocenters. The van der Waals surface area contributed by atoms with E-state index in [-0.39, 0.29) is 15.7 Å². The van der Waals surface area contributed by atoms with Gasteiger partial charge in [0.2, 0.25) is 0 Å². The standard InChI is InChI=1S/C13H10BrCl2NO3S/c1-20-13-11(14)6-9(16)7-12(13)21(18,19)17-10-4-2-3-8(15)5-10/h2-7,17H,1H3. The number of anilines is 1. The van der Waals surface area contributed by atoms with Crippen LogP contribution in [-0.4, -0.2) is 15.5 Å². The van der Waals surface area contributed by atoms with Crippen molar-refractivity contribution in [2.24, 2.45) is 0 Å². The fourth-order valence-corrected chi connectivity index (χ4v) is 4.32. The molecule has 0 aromatic heterocycles. The molecule has 0 radical (unpaired) electrons. The highest BCUT2D eigenvalue weighted by Gasteiger charge is 2.22. The third kappa shape index (κ3) is 3.83. The summed E-state index contributed by atoms with van der Waals surface area (Å²) in [6, 6.07) is 9.26. The first-order valence-electron chi connectivity index (χ1n) is 5.65. The van der Waals surface area contributed by atoms with Crippen molar-refractivity contribution < 1.29 is 13.2 Å². The monoisotopic (exact) mass is 409 g/mol. The van der Waals surface area contributed by atoms with Crippen molar-refractivity contribution in [2.45, 2.75) is 4.90 Å². The minimum absolute atomic E-state index is 0.0654. The first-order chi connectivity index (χ1) is 9.83. The number of halogens is 3. The summed E-state index contributed by atoms with van der Waals surface area (Å²) in [6.45, 7) is 0. The molecule has 21 heavy (non-hydrogen) atoms. The van der Waals surface area contributed by atoms with E-state index in [9.17, 15) is 8.42 Å². The van der Waals surface area contributed by atoms with Gasteiger partial charge >= 0.3 is 0 Å². The summed E-state index contributed by atoms with van der Waals surface area (Å²) in [4.78, 5) is -0.0654. The van der Waals surface area contributed by atoms with Crippen LogP contribution in [0.3, 0.4) is 0 Å². The molecule has 0 heterocycles. The number of benzene rings is 2. The number of sulfonamides is 1. The van der Waals surface area contributed by atoms with Crippen LogP contribution in [0.4, 0.5) is 5.69 Å². The van der Waals surface area contributed by atoms with Gasteiger partial charge in [-0.3, -0.25) is 4.72 Å². The molecule has 0 aliphatic rings. The molecule has 0 saturated heterocycles. The quantitative estimate of drug-likeness (QED) is 0.803. The second-order valence-corrected chi connectivity index (χ2v) is 7.41. The molecular formula is C13H10BrCl2NO3S. The molecule has 0 saturated carbocycles. The molecule has 2 aromatic rings. The Morgan fingerprint density at radius 3 is 2.48 bits per heavy atom. The van der Waals surface area contributed by atoms with Gasteiger partial charge in [0.25, 0.3) is 10.0 Å². The first-order valence-corrected chi connectivity index (χ1v) is 8.68. The van der Waals surface area contributed by atoms with Gasteiger partial charge in [0.15, 0.2) is 5.75 Å². The third-order valence-corrected chi connectivity index (χ3v) is 4.97. The van der Waals surface area contributed by atoms with E-state index in [1.807, 2.05) is 0 Å². The van der Waals surface area contributed by atoms with E-state index in [4.69, 9.17) is 27.9 Å². The van der Waals surface area contributed by atoms with Crippen LogP contribution in [0.15, 0.2) is 45.8 Å². The molecule has 2 rings (SSSR count). The second kappa shape index (κ2) is 6.44. The average molecular weight is 411 g/mol. The van der Waals surface area contributed by atoms with Crippen molar-refractivity contribution in [1.82, 2.24) is 0 Å². The number of ether oxygens (including phenoxy) is 1. The SMILES string of the molecule is COc1c(Br)cc(Cl)cc1S(=O)(=O)Nc1cccc(Cl)c1. The van der Waals surface area contributed by atoms with Crippen LogP contribution in [-0.2, 0) is 10.0 Å². The van der Waals surface area contributed by atoms with Crippen LogP contribution in [0.2, 0.25) is 10.0 Å². The van der Waals surface area contributed by atoms with Crippen molar-refractivity contribution in [3.63, 3.8) is 0 Å². The van der Waals surface area contributed by atoms with Gasteiger partial charge in [0.05, 0.1) is 17.3 Å². The van der Waals surface area contributed by atoms with E-state index in [0.717, 1.165) is 0 Å². The van der Waals surface area contributed by atoms with Gasteiger partial charge in [-0.2, -0.15) is 0 Å². The summed E-state index contributed by atoms with van der Waals surface area (Å²) in [7, 11) is -2.48. The molecule has 4 nitrogen and oxygen atoms in total. The Hall–Kier alpha value is -0.950. The topological polar surface area (TPSA) is 55.4 Å². The molecule has 0 bridgehead atoms. The fourth-order valence-electron chi connectivity index (χ4n) is 1.70. The molecule has 0 aliphatic carbocycles. The molecule has 8 heteroatoms. The molecule has 0 aliphatic heterocycles. The van der Waals surface area contributed by atoms with Gasteiger partial charge in [-0.15, -0.1) is 0 Å². The highest BCUT2D eigenvalue weighted by atomic mass is 79.9. The fraction of sp³-hybridized carbons (Fsp3) is 0.0769. The molecule has 0 spiro atoms. The normalized spacial score (nSPS) is 11.2.